The molecule has 5 nitrogen and oxygen atoms in total. The monoisotopic (exact) mass is 301 g/mol. The van der Waals surface area contributed by atoms with Gasteiger partial charge in [0.25, 0.3) is 0 Å². The summed E-state index contributed by atoms with van der Waals surface area (Å²) in [6, 6.07) is 6.14. The van der Waals surface area contributed by atoms with E-state index in [0.717, 1.165) is 33.0 Å². The van der Waals surface area contributed by atoms with Crippen LogP contribution in [0.25, 0.3) is 21.7 Å². The molecule has 3 rings (SSSR count). The van der Waals surface area contributed by atoms with Crippen LogP contribution in [0.5, 0.6) is 0 Å². The van der Waals surface area contributed by atoms with Crippen LogP contribution < -0.4 is 5.73 Å². The summed E-state index contributed by atoms with van der Waals surface area (Å²) in [5, 5.41) is 4.30. The summed E-state index contributed by atoms with van der Waals surface area (Å²) in [6.45, 7) is 6.96. The fourth-order valence-corrected chi connectivity index (χ4v) is 3.30. The lowest BCUT2D eigenvalue weighted by atomic mass is 9.91. The molecule has 21 heavy (non-hydrogen) atoms. The van der Waals surface area contributed by atoms with Gasteiger partial charge in [-0.15, -0.1) is 5.10 Å². The summed E-state index contributed by atoms with van der Waals surface area (Å²) < 4.78 is 6.22. The van der Waals surface area contributed by atoms with Crippen molar-refractivity contribution in [3.8, 4) is 10.7 Å². The molecule has 2 aromatic heterocycles. The molecule has 0 aliphatic rings. The van der Waals surface area contributed by atoms with Crippen molar-refractivity contribution < 1.29 is 0 Å². The van der Waals surface area contributed by atoms with Crippen LogP contribution in [0.4, 0.5) is 0 Å². The molecule has 0 spiro atoms. The summed E-state index contributed by atoms with van der Waals surface area (Å²) in [6.07, 6.45) is 0. The molecule has 1 aromatic carbocycles. The Kier molecular flexibility index (Phi) is 3.30. The van der Waals surface area contributed by atoms with E-state index < -0.39 is 0 Å². The number of aryl methyl sites for hydroxylation is 1. The second-order valence-corrected chi connectivity index (χ2v) is 6.98. The highest BCUT2D eigenvalue weighted by Crippen LogP contribution is 2.34. The van der Waals surface area contributed by atoms with E-state index in [1.807, 2.05) is 19.2 Å². The average molecular weight is 301 g/mol. The predicted octanol–water partition coefficient (Wildman–Crippen LogP) is 2.85. The van der Waals surface area contributed by atoms with Gasteiger partial charge in [0, 0.05) is 19.0 Å². The molecular weight excluding hydrogens is 282 g/mol. The third-order valence-corrected chi connectivity index (χ3v) is 4.30. The highest BCUT2D eigenvalue weighted by molar-refractivity contribution is 7.09. The number of imidazole rings is 1. The molecule has 0 unspecified atom stereocenters. The van der Waals surface area contributed by atoms with Gasteiger partial charge in [-0.3, -0.25) is 0 Å². The first-order valence-corrected chi connectivity index (χ1v) is 7.68. The van der Waals surface area contributed by atoms with Gasteiger partial charge in [-0.1, -0.05) is 31.3 Å². The fourth-order valence-electron chi connectivity index (χ4n) is 2.39. The van der Waals surface area contributed by atoms with Crippen LogP contribution in [0.1, 0.15) is 32.0 Å². The standard InChI is InChI=1S/C15H19N5S/c1-15(2,3)13-12(21-19-18-13)14-17-10-6-5-9(8-16)7-11(10)20(14)4/h5-7H,8,16H2,1-4H3. The summed E-state index contributed by atoms with van der Waals surface area (Å²) in [5.74, 6) is 0.916. The van der Waals surface area contributed by atoms with E-state index >= 15 is 0 Å². The van der Waals surface area contributed by atoms with Crippen molar-refractivity contribution in [3.63, 3.8) is 0 Å². The highest BCUT2D eigenvalue weighted by atomic mass is 32.1. The molecular formula is C15H19N5S. The van der Waals surface area contributed by atoms with Crippen LogP contribution in [0.15, 0.2) is 18.2 Å². The second kappa shape index (κ2) is 4.89. The molecule has 0 atom stereocenters. The topological polar surface area (TPSA) is 69.6 Å². The Labute approximate surface area is 128 Å². The minimum atomic E-state index is -0.0527. The number of hydrogen-bond donors (Lipinski definition) is 1. The van der Waals surface area contributed by atoms with E-state index in [4.69, 9.17) is 10.7 Å². The van der Waals surface area contributed by atoms with Crippen molar-refractivity contribution in [2.45, 2.75) is 32.7 Å². The van der Waals surface area contributed by atoms with Crippen molar-refractivity contribution in [1.29, 1.82) is 0 Å². The van der Waals surface area contributed by atoms with Crippen molar-refractivity contribution in [2.75, 3.05) is 0 Å². The van der Waals surface area contributed by atoms with Gasteiger partial charge in [0.2, 0.25) is 0 Å². The molecule has 0 amide bonds. The Hall–Kier alpha value is -1.79. The minimum absolute atomic E-state index is 0.0527. The summed E-state index contributed by atoms with van der Waals surface area (Å²) in [7, 11) is 2.02. The zero-order valence-corrected chi connectivity index (χ0v) is 13.5. The highest BCUT2D eigenvalue weighted by Gasteiger charge is 2.26. The first kappa shape index (κ1) is 14.2. The molecule has 6 heteroatoms. The number of nitrogens with zero attached hydrogens (tertiary/aromatic N) is 4. The predicted molar refractivity (Wildman–Crippen MR) is 86.2 cm³/mol. The number of aromatic nitrogens is 4. The molecule has 0 aliphatic carbocycles. The lowest BCUT2D eigenvalue weighted by Gasteiger charge is -2.16. The molecule has 0 fully saturated rings. The van der Waals surface area contributed by atoms with Crippen LogP contribution in [0.2, 0.25) is 0 Å². The number of fused-ring (bicyclic) bond motifs is 1. The van der Waals surface area contributed by atoms with E-state index in [9.17, 15) is 0 Å². The van der Waals surface area contributed by atoms with Crippen molar-refractivity contribution in [2.24, 2.45) is 12.8 Å². The average Bonchev–Trinajstić information content (AvgIpc) is 3.03. The maximum absolute atomic E-state index is 5.73. The van der Waals surface area contributed by atoms with Crippen LogP contribution in [0, 0.1) is 0 Å². The Morgan fingerprint density at radius 3 is 2.71 bits per heavy atom. The third-order valence-electron chi connectivity index (χ3n) is 3.58. The van der Waals surface area contributed by atoms with Gasteiger partial charge in [-0.2, -0.15) is 0 Å². The molecule has 0 bridgehead atoms. The largest absolute Gasteiger partial charge is 0.326 e. The van der Waals surface area contributed by atoms with E-state index in [0.29, 0.717) is 6.54 Å². The molecule has 0 aliphatic heterocycles. The number of benzene rings is 1. The molecule has 2 N–H and O–H groups in total. The second-order valence-electron chi connectivity index (χ2n) is 6.22. The third kappa shape index (κ3) is 2.34. The van der Waals surface area contributed by atoms with E-state index in [-0.39, 0.29) is 5.41 Å². The first-order chi connectivity index (χ1) is 9.91. The zero-order chi connectivity index (χ0) is 15.2. The smallest absolute Gasteiger partial charge is 0.154 e. The number of rotatable bonds is 2. The van der Waals surface area contributed by atoms with Gasteiger partial charge < -0.3 is 10.3 Å². The lowest BCUT2D eigenvalue weighted by Crippen LogP contribution is -2.13. The van der Waals surface area contributed by atoms with E-state index in [1.54, 1.807) is 0 Å². The summed E-state index contributed by atoms with van der Waals surface area (Å²) in [5.41, 5.74) is 9.83. The van der Waals surface area contributed by atoms with Gasteiger partial charge in [-0.05, 0) is 29.2 Å². The van der Waals surface area contributed by atoms with Gasteiger partial charge in [0.05, 0.1) is 16.7 Å². The van der Waals surface area contributed by atoms with Gasteiger partial charge in [-0.25, -0.2) is 4.98 Å². The molecule has 3 aromatic rings. The van der Waals surface area contributed by atoms with Crippen LogP contribution >= 0.6 is 11.5 Å². The van der Waals surface area contributed by atoms with E-state index in [2.05, 4.69) is 41.0 Å². The normalized spacial score (nSPS) is 12.2. The fraction of sp³-hybridized carbons (Fsp3) is 0.400. The van der Waals surface area contributed by atoms with Crippen molar-refractivity contribution >= 4 is 22.6 Å². The maximum atomic E-state index is 5.73. The number of hydrogen-bond acceptors (Lipinski definition) is 5. The quantitative estimate of drug-likeness (QED) is 0.790. The molecule has 110 valence electrons. The van der Waals surface area contributed by atoms with Crippen molar-refractivity contribution in [3.05, 3.63) is 29.5 Å². The molecule has 0 radical (unpaired) electrons. The van der Waals surface area contributed by atoms with Gasteiger partial charge >= 0.3 is 0 Å². The first-order valence-electron chi connectivity index (χ1n) is 6.90. The maximum Gasteiger partial charge on any atom is 0.154 e. The SMILES string of the molecule is Cn1c(-c2snnc2C(C)(C)C)nc2ccc(CN)cc21. The van der Waals surface area contributed by atoms with Gasteiger partial charge in [0.1, 0.15) is 4.88 Å². The van der Waals surface area contributed by atoms with Crippen molar-refractivity contribution in [1.82, 2.24) is 19.1 Å². The molecule has 0 saturated heterocycles. The molecule has 2 heterocycles. The Morgan fingerprint density at radius 1 is 1.29 bits per heavy atom. The summed E-state index contributed by atoms with van der Waals surface area (Å²) >= 11 is 1.40. The molecule has 0 saturated carbocycles. The number of nitrogens with two attached hydrogens (primary N) is 1. The minimum Gasteiger partial charge on any atom is -0.326 e. The Morgan fingerprint density at radius 2 is 2.05 bits per heavy atom. The Bertz CT molecular complexity index is 794. The Balaban J connectivity index is 2.22. The van der Waals surface area contributed by atoms with E-state index in [1.165, 1.54) is 11.5 Å². The lowest BCUT2D eigenvalue weighted by molar-refractivity contribution is 0.567. The van der Waals surface area contributed by atoms with Crippen LogP contribution in [-0.4, -0.2) is 19.1 Å². The summed E-state index contributed by atoms with van der Waals surface area (Å²) in [4.78, 5) is 5.79. The van der Waals surface area contributed by atoms with Crippen LogP contribution in [-0.2, 0) is 19.0 Å². The van der Waals surface area contributed by atoms with Crippen LogP contribution in [0.3, 0.4) is 0 Å². The zero-order valence-electron chi connectivity index (χ0n) is 12.7. The van der Waals surface area contributed by atoms with Gasteiger partial charge in [0.15, 0.2) is 5.82 Å².